The highest BCUT2D eigenvalue weighted by Gasteiger charge is 2.07. The van der Waals surface area contributed by atoms with E-state index < -0.39 is 0 Å². The number of thiol groups is 1. The van der Waals surface area contributed by atoms with Crippen molar-refractivity contribution in [1.82, 2.24) is 0 Å². The second kappa shape index (κ2) is 7.02. The fraction of sp³-hybridized carbons (Fsp3) is 0.200. The molecule has 0 amide bonds. The van der Waals surface area contributed by atoms with Crippen LogP contribution in [0, 0.1) is 6.92 Å². The van der Waals surface area contributed by atoms with Crippen molar-refractivity contribution in [3.8, 4) is 16.9 Å². The second-order valence-electron chi connectivity index (χ2n) is 3.41. The van der Waals surface area contributed by atoms with Crippen LogP contribution >= 0.6 is 12.9 Å². The number of para-hydroxylation sites is 1. The number of benzene rings is 2. The molecule has 1 nitrogen and oxygen atoms in total. The minimum absolute atomic E-state index is 0.826. The van der Waals surface area contributed by atoms with Crippen LogP contribution in [0.4, 0.5) is 0 Å². The van der Waals surface area contributed by atoms with Crippen LogP contribution in [0.15, 0.2) is 48.5 Å². The van der Waals surface area contributed by atoms with Crippen LogP contribution in [0.5, 0.6) is 5.75 Å². The first-order valence-electron chi connectivity index (χ1n) is 5.79. The zero-order chi connectivity index (χ0) is 12.7. The maximum atomic E-state index is 5.12. The Morgan fingerprint density at radius 1 is 0.882 bits per heavy atom. The van der Waals surface area contributed by atoms with Gasteiger partial charge < -0.3 is 4.18 Å². The first kappa shape index (κ1) is 13.7. The third-order valence-electron chi connectivity index (χ3n) is 2.39. The Kier molecular flexibility index (Phi) is 5.64. The molecule has 2 rings (SSSR count). The summed E-state index contributed by atoms with van der Waals surface area (Å²) in [4.78, 5) is 0. The quantitative estimate of drug-likeness (QED) is 0.585. The lowest BCUT2D eigenvalue weighted by molar-refractivity contribution is 0.655. The van der Waals surface area contributed by atoms with E-state index >= 15 is 0 Å². The molecule has 0 unspecified atom stereocenters. The van der Waals surface area contributed by atoms with E-state index in [-0.39, 0.29) is 0 Å². The fourth-order valence-electron chi connectivity index (χ4n) is 1.62. The molecule has 0 heterocycles. The van der Waals surface area contributed by atoms with E-state index in [9.17, 15) is 0 Å². The first-order valence-corrected chi connectivity index (χ1v) is 6.16. The van der Waals surface area contributed by atoms with Crippen molar-refractivity contribution < 1.29 is 4.18 Å². The summed E-state index contributed by atoms with van der Waals surface area (Å²) in [6.07, 6.45) is 0. The zero-order valence-electron chi connectivity index (χ0n) is 10.5. The molecule has 2 aromatic rings. The summed E-state index contributed by atoms with van der Waals surface area (Å²) >= 11 is 3.90. The zero-order valence-corrected chi connectivity index (χ0v) is 11.4. The molecule has 0 spiro atoms. The first-order chi connectivity index (χ1) is 8.33. The van der Waals surface area contributed by atoms with Crippen LogP contribution in [0.25, 0.3) is 11.1 Å². The summed E-state index contributed by atoms with van der Waals surface area (Å²) in [5.74, 6) is 0.826. The highest BCUT2D eigenvalue weighted by Crippen LogP contribution is 2.33. The van der Waals surface area contributed by atoms with Crippen LogP contribution < -0.4 is 4.18 Å². The standard InChI is InChI=1S/C13H12OS.C2H6/c1-10-6-5-9-12(13(10)14-15)11-7-3-2-4-8-11;1-2/h2-9,15H,1H3;1-2H3. The van der Waals surface area contributed by atoms with E-state index in [2.05, 4.69) is 25.0 Å². The molecule has 90 valence electrons. The Morgan fingerprint density at radius 3 is 2.12 bits per heavy atom. The monoisotopic (exact) mass is 246 g/mol. The van der Waals surface area contributed by atoms with Crippen LogP contribution in [-0.2, 0) is 0 Å². The van der Waals surface area contributed by atoms with Gasteiger partial charge in [0.15, 0.2) is 0 Å². The summed E-state index contributed by atoms with van der Waals surface area (Å²) < 4.78 is 5.12. The lowest BCUT2D eigenvalue weighted by atomic mass is 10.0. The minimum Gasteiger partial charge on any atom is -0.428 e. The number of aryl methyl sites for hydroxylation is 1. The summed E-state index contributed by atoms with van der Waals surface area (Å²) in [5.41, 5.74) is 3.31. The third-order valence-corrected chi connectivity index (χ3v) is 2.57. The Labute approximate surface area is 109 Å². The Hall–Kier alpha value is -1.41. The lowest BCUT2D eigenvalue weighted by Gasteiger charge is -2.09. The molecule has 0 aliphatic carbocycles. The normalized spacial score (nSPS) is 9.18. The molecule has 2 heteroatoms. The molecule has 0 bridgehead atoms. The Balaban J connectivity index is 0.000000686. The molecule has 0 saturated carbocycles. The maximum Gasteiger partial charge on any atom is 0.147 e. The van der Waals surface area contributed by atoms with E-state index in [1.54, 1.807) is 0 Å². The molecule has 0 atom stereocenters. The van der Waals surface area contributed by atoms with Gasteiger partial charge in [0.05, 0.1) is 0 Å². The van der Waals surface area contributed by atoms with Gasteiger partial charge in [0.1, 0.15) is 5.75 Å². The highest BCUT2D eigenvalue weighted by molar-refractivity contribution is 7.75. The molecule has 0 saturated heterocycles. The average molecular weight is 246 g/mol. The van der Waals surface area contributed by atoms with E-state index in [0.717, 1.165) is 22.4 Å². The summed E-state index contributed by atoms with van der Waals surface area (Å²) in [7, 11) is 0. The largest absolute Gasteiger partial charge is 0.428 e. The van der Waals surface area contributed by atoms with E-state index in [4.69, 9.17) is 4.18 Å². The van der Waals surface area contributed by atoms with Crippen molar-refractivity contribution in [2.75, 3.05) is 0 Å². The highest BCUT2D eigenvalue weighted by atomic mass is 32.1. The van der Waals surface area contributed by atoms with Crippen LogP contribution in [-0.4, -0.2) is 0 Å². The number of hydrogen-bond acceptors (Lipinski definition) is 2. The summed E-state index contributed by atoms with van der Waals surface area (Å²) in [5, 5.41) is 0. The lowest BCUT2D eigenvalue weighted by Crippen LogP contribution is -1.86. The van der Waals surface area contributed by atoms with Gasteiger partial charge in [0.25, 0.3) is 0 Å². The van der Waals surface area contributed by atoms with E-state index in [0.29, 0.717) is 0 Å². The topological polar surface area (TPSA) is 9.23 Å². The minimum atomic E-state index is 0.826. The number of hydrogen-bond donors (Lipinski definition) is 1. The Bertz CT molecular complexity index is 452. The van der Waals surface area contributed by atoms with Crippen molar-refractivity contribution in [3.05, 3.63) is 54.1 Å². The van der Waals surface area contributed by atoms with Gasteiger partial charge in [0.2, 0.25) is 0 Å². The smallest absolute Gasteiger partial charge is 0.147 e. The molecule has 2 aromatic carbocycles. The average Bonchev–Trinajstić information content (AvgIpc) is 2.42. The molecular weight excluding hydrogens is 228 g/mol. The molecule has 17 heavy (non-hydrogen) atoms. The fourth-order valence-corrected chi connectivity index (χ4v) is 1.86. The van der Waals surface area contributed by atoms with Crippen LogP contribution in [0.3, 0.4) is 0 Å². The molecule has 0 aromatic heterocycles. The molecular formula is C15H18OS. The molecule has 0 aliphatic rings. The van der Waals surface area contributed by atoms with Gasteiger partial charge in [0, 0.05) is 18.5 Å². The molecule has 0 aliphatic heterocycles. The van der Waals surface area contributed by atoms with Crippen molar-refractivity contribution in [3.63, 3.8) is 0 Å². The van der Waals surface area contributed by atoms with Gasteiger partial charge >= 0.3 is 0 Å². The van der Waals surface area contributed by atoms with Crippen molar-refractivity contribution in [2.24, 2.45) is 0 Å². The van der Waals surface area contributed by atoms with Crippen LogP contribution in [0.1, 0.15) is 19.4 Å². The van der Waals surface area contributed by atoms with E-state index in [1.807, 2.05) is 57.2 Å². The van der Waals surface area contributed by atoms with Gasteiger partial charge in [-0.25, -0.2) is 0 Å². The number of rotatable bonds is 2. The Morgan fingerprint density at radius 2 is 1.53 bits per heavy atom. The van der Waals surface area contributed by atoms with Crippen LogP contribution in [0.2, 0.25) is 0 Å². The third kappa shape index (κ3) is 3.27. The van der Waals surface area contributed by atoms with Crippen molar-refractivity contribution in [2.45, 2.75) is 20.8 Å². The van der Waals surface area contributed by atoms with Gasteiger partial charge in [-0.3, -0.25) is 0 Å². The SMILES string of the molecule is CC.Cc1cccc(-c2ccccc2)c1OS. The summed E-state index contributed by atoms with van der Waals surface area (Å²) in [6, 6.07) is 16.2. The molecule has 0 N–H and O–H groups in total. The maximum absolute atomic E-state index is 5.12. The molecule has 0 fully saturated rings. The van der Waals surface area contributed by atoms with Gasteiger partial charge in [-0.2, -0.15) is 0 Å². The van der Waals surface area contributed by atoms with Crippen molar-refractivity contribution in [1.29, 1.82) is 0 Å². The molecule has 0 radical (unpaired) electrons. The summed E-state index contributed by atoms with van der Waals surface area (Å²) in [6.45, 7) is 6.01. The predicted molar refractivity (Wildman–Crippen MR) is 77.6 cm³/mol. The van der Waals surface area contributed by atoms with Gasteiger partial charge in [-0.05, 0) is 18.1 Å². The van der Waals surface area contributed by atoms with Gasteiger partial charge in [-0.1, -0.05) is 62.4 Å². The second-order valence-corrected chi connectivity index (χ2v) is 3.59. The predicted octanol–water partition coefficient (Wildman–Crippen LogP) is 4.91. The van der Waals surface area contributed by atoms with Crippen molar-refractivity contribution >= 4 is 12.9 Å². The van der Waals surface area contributed by atoms with E-state index in [1.165, 1.54) is 0 Å². The van der Waals surface area contributed by atoms with Gasteiger partial charge in [-0.15, -0.1) is 0 Å².